The van der Waals surface area contributed by atoms with Crippen LogP contribution in [0.2, 0.25) is 5.02 Å². The lowest BCUT2D eigenvalue weighted by Gasteiger charge is -2.07. The van der Waals surface area contributed by atoms with Gasteiger partial charge in [0, 0.05) is 16.6 Å². The van der Waals surface area contributed by atoms with Gasteiger partial charge in [0.15, 0.2) is 0 Å². The van der Waals surface area contributed by atoms with E-state index in [1.54, 1.807) is 6.26 Å². The van der Waals surface area contributed by atoms with Gasteiger partial charge in [-0.2, -0.15) is 0 Å². The number of hydrogen-bond acceptors (Lipinski definition) is 3. The van der Waals surface area contributed by atoms with Crippen molar-refractivity contribution in [3.05, 3.63) is 58.5 Å². The van der Waals surface area contributed by atoms with Crippen molar-refractivity contribution < 1.29 is 9.15 Å². The minimum absolute atomic E-state index is 0.514. The number of nitrogens with one attached hydrogen (secondary N) is 1. The van der Waals surface area contributed by atoms with Crippen LogP contribution in [0.15, 0.2) is 41.0 Å². The number of furan rings is 1. The van der Waals surface area contributed by atoms with Crippen LogP contribution < -0.4 is 5.32 Å². The SMILES string of the molecule is Clc1ccccc1COCc1ccoc1CNC1CC1. The van der Waals surface area contributed by atoms with E-state index in [4.69, 9.17) is 20.8 Å². The van der Waals surface area contributed by atoms with Crippen LogP contribution >= 0.6 is 11.6 Å². The maximum atomic E-state index is 6.10. The van der Waals surface area contributed by atoms with Crippen LogP contribution in [-0.4, -0.2) is 6.04 Å². The summed E-state index contributed by atoms with van der Waals surface area (Å²) in [5, 5.41) is 4.19. The van der Waals surface area contributed by atoms with E-state index in [1.807, 2.05) is 30.3 Å². The third-order valence-corrected chi connectivity index (χ3v) is 3.81. The third-order valence-electron chi connectivity index (χ3n) is 3.44. The number of benzene rings is 1. The zero-order valence-corrected chi connectivity index (χ0v) is 12.0. The predicted molar refractivity (Wildman–Crippen MR) is 78.5 cm³/mol. The molecule has 0 unspecified atom stereocenters. The Kier molecular flexibility index (Phi) is 4.41. The van der Waals surface area contributed by atoms with Crippen molar-refractivity contribution in [3.8, 4) is 0 Å². The first-order valence-electron chi connectivity index (χ1n) is 6.92. The molecule has 4 heteroatoms. The summed E-state index contributed by atoms with van der Waals surface area (Å²) in [6.07, 6.45) is 4.27. The van der Waals surface area contributed by atoms with Gasteiger partial charge >= 0.3 is 0 Å². The minimum Gasteiger partial charge on any atom is -0.468 e. The van der Waals surface area contributed by atoms with Crippen molar-refractivity contribution >= 4 is 11.6 Å². The van der Waals surface area contributed by atoms with Crippen LogP contribution in [0, 0.1) is 0 Å². The second-order valence-corrected chi connectivity index (χ2v) is 5.52. The van der Waals surface area contributed by atoms with Gasteiger partial charge in [0.1, 0.15) is 5.76 Å². The summed E-state index contributed by atoms with van der Waals surface area (Å²) in [7, 11) is 0. The molecule has 0 atom stereocenters. The Morgan fingerprint density at radius 3 is 2.75 bits per heavy atom. The highest BCUT2D eigenvalue weighted by atomic mass is 35.5. The van der Waals surface area contributed by atoms with E-state index in [0.717, 1.165) is 28.5 Å². The maximum absolute atomic E-state index is 6.10. The first-order valence-corrected chi connectivity index (χ1v) is 7.30. The second-order valence-electron chi connectivity index (χ2n) is 5.11. The molecule has 2 aromatic rings. The zero-order valence-electron chi connectivity index (χ0n) is 11.3. The first-order chi connectivity index (χ1) is 9.83. The number of rotatable bonds is 7. The summed E-state index contributed by atoms with van der Waals surface area (Å²) in [5.41, 5.74) is 2.11. The highest BCUT2D eigenvalue weighted by Gasteiger charge is 2.21. The molecule has 0 aliphatic heterocycles. The van der Waals surface area contributed by atoms with Crippen LogP contribution in [0.3, 0.4) is 0 Å². The van der Waals surface area contributed by atoms with E-state index < -0.39 is 0 Å². The molecule has 1 aliphatic rings. The fourth-order valence-electron chi connectivity index (χ4n) is 2.06. The fraction of sp³-hybridized carbons (Fsp3) is 0.375. The van der Waals surface area contributed by atoms with Crippen LogP contribution in [0.5, 0.6) is 0 Å². The molecule has 1 heterocycles. The molecule has 1 aromatic heterocycles. The Bertz CT molecular complexity index is 563. The largest absolute Gasteiger partial charge is 0.468 e. The standard InChI is InChI=1S/C16H18ClNO2/c17-15-4-2-1-3-12(15)10-19-11-13-7-8-20-16(13)9-18-14-5-6-14/h1-4,7-8,14,18H,5-6,9-11H2. The van der Waals surface area contributed by atoms with E-state index in [1.165, 1.54) is 12.8 Å². The van der Waals surface area contributed by atoms with E-state index in [-0.39, 0.29) is 0 Å². The normalized spacial score (nSPS) is 14.7. The molecule has 0 amide bonds. The second kappa shape index (κ2) is 6.44. The first kappa shape index (κ1) is 13.7. The van der Waals surface area contributed by atoms with Gasteiger partial charge in [-0.05, 0) is 30.5 Å². The number of hydrogen-bond donors (Lipinski definition) is 1. The molecule has 0 spiro atoms. The van der Waals surface area contributed by atoms with Gasteiger partial charge in [0.2, 0.25) is 0 Å². The Hall–Kier alpha value is -1.29. The van der Waals surface area contributed by atoms with Gasteiger partial charge in [-0.25, -0.2) is 0 Å². The van der Waals surface area contributed by atoms with Gasteiger partial charge in [-0.15, -0.1) is 0 Å². The lowest BCUT2D eigenvalue weighted by Crippen LogP contribution is -2.15. The molecule has 1 N–H and O–H groups in total. The minimum atomic E-state index is 0.514. The molecule has 3 nitrogen and oxygen atoms in total. The summed E-state index contributed by atoms with van der Waals surface area (Å²) < 4.78 is 11.2. The molecule has 0 saturated heterocycles. The molecule has 1 saturated carbocycles. The molecule has 20 heavy (non-hydrogen) atoms. The monoisotopic (exact) mass is 291 g/mol. The average Bonchev–Trinajstić information content (AvgIpc) is 3.18. The van der Waals surface area contributed by atoms with Crippen LogP contribution in [0.25, 0.3) is 0 Å². The molecule has 0 bridgehead atoms. The molecule has 106 valence electrons. The summed E-state index contributed by atoms with van der Waals surface area (Å²) >= 11 is 6.10. The van der Waals surface area contributed by atoms with E-state index in [9.17, 15) is 0 Å². The molecule has 0 radical (unpaired) electrons. The lowest BCUT2D eigenvalue weighted by atomic mass is 10.2. The predicted octanol–water partition coefficient (Wildman–Crippen LogP) is 3.90. The highest BCUT2D eigenvalue weighted by molar-refractivity contribution is 6.31. The fourth-order valence-corrected chi connectivity index (χ4v) is 2.25. The molecule has 1 aromatic carbocycles. The van der Waals surface area contributed by atoms with Gasteiger partial charge < -0.3 is 14.5 Å². The number of halogens is 1. The van der Waals surface area contributed by atoms with Gasteiger partial charge in [0.05, 0.1) is 26.0 Å². The quantitative estimate of drug-likeness (QED) is 0.840. The average molecular weight is 292 g/mol. The summed E-state index contributed by atoms with van der Waals surface area (Å²) in [5.74, 6) is 0.969. The zero-order chi connectivity index (χ0) is 13.8. The van der Waals surface area contributed by atoms with Crippen LogP contribution in [0.1, 0.15) is 29.7 Å². The van der Waals surface area contributed by atoms with Crippen molar-refractivity contribution in [1.29, 1.82) is 0 Å². The van der Waals surface area contributed by atoms with Crippen molar-refractivity contribution in [2.75, 3.05) is 0 Å². The summed E-state index contributed by atoms with van der Waals surface area (Å²) in [6, 6.07) is 10.4. The summed E-state index contributed by atoms with van der Waals surface area (Å²) in [6.45, 7) is 1.84. The van der Waals surface area contributed by atoms with Gasteiger partial charge in [0.25, 0.3) is 0 Å². The topological polar surface area (TPSA) is 34.4 Å². The lowest BCUT2D eigenvalue weighted by molar-refractivity contribution is 0.106. The molecular formula is C16H18ClNO2. The maximum Gasteiger partial charge on any atom is 0.123 e. The molecule has 3 rings (SSSR count). The van der Waals surface area contributed by atoms with E-state index in [2.05, 4.69) is 5.32 Å². The van der Waals surface area contributed by atoms with Crippen molar-refractivity contribution in [2.45, 2.75) is 38.6 Å². The Balaban J connectivity index is 1.50. The van der Waals surface area contributed by atoms with Crippen LogP contribution in [-0.2, 0) is 24.5 Å². The van der Waals surface area contributed by atoms with E-state index >= 15 is 0 Å². The molecule has 1 aliphatic carbocycles. The van der Waals surface area contributed by atoms with E-state index in [0.29, 0.717) is 19.3 Å². The Morgan fingerprint density at radius 1 is 1.15 bits per heavy atom. The van der Waals surface area contributed by atoms with Crippen molar-refractivity contribution in [1.82, 2.24) is 5.32 Å². The van der Waals surface area contributed by atoms with Gasteiger partial charge in [-0.3, -0.25) is 0 Å². The van der Waals surface area contributed by atoms with Crippen LogP contribution in [0.4, 0.5) is 0 Å². The molecule has 1 fully saturated rings. The summed E-state index contributed by atoms with van der Waals surface area (Å²) in [4.78, 5) is 0. The van der Waals surface area contributed by atoms with Gasteiger partial charge in [-0.1, -0.05) is 29.8 Å². The van der Waals surface area contributed by atoms with Crippen molar-refractivity contribution in [3.63, 3.8) is 0 Å². The third kappa shape index (κ3) is 3.63. The number of ether oxygens (including phenoxy) is 1. The molecular weight excluding hydrogens is 274 g/mol. The highest BCUT2D eigenvalue weighted by Crippen LogP contribution is 2.21. The smallest absolute Gasteiger partial charge is 0.123 e. The van der Waals surface area contributed by atoms with Crippen molar-refractivity contribution in [2.24, 2.45) is 0 Å². The Morgan fingerprint density at radius 2 is 1.95 bits per heavy atom. The Labute approximate surface area is 123 Å².